The number of piperidine rings is 1. The van der Waals surface area contributed by atoms with Crippen LogP contribution < -0.4 is 4.74 Å². The van der Waals surface area contributed by atoms with Gasteiger partial charge in [-0.25, -0.2) is 0 Å². The SMILES string of the molecule is Cc1ccc(OCCCN2CCCCC2C)c(Cl)c1. The normalized spacial score (nSPS) is 20.5. The zero-order chi connectivity index (χ0) is 13.7. The maximum absolute atomic E-state index is 6.14. The highest BCUT2D eigenvalue weighted by atomic mass is 35.5. The number of nitrogens with zero attached hydrogens (tertiary/aromatic N) is 1. The molecule has 1 aliphatic rings. The summed E-state index contributed by atoms with van der Waals surface area (Å²) in [5, 5.41) is 0.714. The molecule has 1 aromatic rings. The minimum Gasteiger partial charge on any atom is -0.492 e. The average molecular weight is 282 g/mol. The van der Waals surface area contributed by atoms with Gasteiger partial charge in [-0.1, -0.05) is 24.1 Å². The molecule has 2 rings (SSSR count). The van der Waals surface area contributed by atoms with Crippen LogP contribution in [0.2, 0.25) is 5.02 Å². The number of hydrogen-bond donors (Lipinski definition) is 0. The fraction of sp³-hybridized carbons (Fsp3) is 0.625. The van der Waals surface area contributed by atoms with Gasteiger partial charge in [-0.15, -0.1) is 0 Å². The lowest BCUT2D eigenvalue weighted by Gasteiger charge is -2.33. The van der Waals surface area contributed by atoms with E-state index in [1.807, 2.05) is 25.1 Å². The Balaban J connectivity index is 1.71. The summed E-state index contributed by atoms with van der Waals surface area (Å²) >= 11 is 6.14. The van der Waals surface area contributed by atoms with E-state index in [9.17, 15) is 0 Å². The van der Waals surface area contributed by atoms with Crippen LogP contribution in [0.4, 0.5) is 0 Å². The van der Waals surface area contributed by atoms with Crippen molar-refractivity contribution in [3.8, 4) is 5.75 Å². The van der Waals surface area contributed by atoms with Crippen molar-refractivity contribution in [2.45, 2.75) is 45.6 Å². The van der Waals surface area contributed by atoms with Crippen LogP contribution in [0, 0.1) is 6.92 Å². The Morgan fingerprint density at radius 2 is 2.21 bits per heavy atom. The molecule has 1 aliphatic heterocycles. The summed E-state index contributed by atoms with van der Waals surface area (Å²) < 4.78 is 5.76. The second kappa shape index (κ2) is 7.16. The second-order valence-electron chi connectivity index (χ2n) is 5.52. The number of ether oxygens (including phenoxy) is 1. The van der Waals surface area contributed by atoms with Gasteiger partial charge in [-0.05, 0) is 57.4 Å². The van der Waals surface area contributed by atoms with E-state index in [0.29, 0.717) is 5.02 Å². The van der Waals surface area contributed by atoms with Crippen molar-refractivity contribution in [3.05, 3.63) is 28.8 Å². The van der Waals surface area contributed by atoms with Gasteiger partial charge < -0.3 is 9.64 Å². The van der Waals surface area contributed by atoms with Crippen LogP contribution in [-0.2, 0) is 0 Å². The molecule has 1 saturated heterocycles. The van der Waals surface area contributed by atoms with Gasteiger partial charge in [-0.2, -0.15) is 0 Å². The van der Waals surface area contributed by atoms with Gasteiger partial charge in [-0.3, -0.25) is 0 Å². The summed E-state index contributed by atoms with van der Waals surface area (Å²) in [4.78, 5) is 2.57. The molecule has 1 fully saturated rings. The standard InChI is InChI=1S/C16H24ClNO/c1-13-7-8-16(15(17)12-13)19-11-5-10-18-9-4-3-6-14(18)2/h7-8,12,14H,3-6,9-11H2,1-2H3. The Morgan fingerprint density at radius 1 is 1.37 bits per heavy atom. The van der Waals surface area contributed by atoms with Crippen LogP contribution in [0.15, 0.2) is 18.2 Å². The highest BCUT2D eigenvalue weighted by molar-refractivity contribution is 6.32. The van der Waals surface area contributed by atoms with Crippen molar-refractivity contribution < 1.29 is 4.74 Å². The lowest BCUT2D eigenvalue weighted by molar-refractivity contribution is 0.148. The van der Waals surface area contributed by atoms with E-state index in [1.54, 1.807) is 0 Å². The fourth-order valence-corrected chi connectivity index (χ4v) is 2.95. The Kier molecular flexibility index (Phi) is 5.53. The van der Waals surface area contributed by atoms with Crippen LogP contribution in [0.25, 0.3) is 0 Å². The van der Waals surface area contributed by atoms with Crippen LogP contribution in [-0.4, -0.2) is 30.6 Å². The molecule has 0 saturated carbocycles. The Hall–Kier alpha value is -0.730. The van der Waals surface area contributed by atoms with Crippen molar-refractivity contribution in [3.63, 3.8) is 0 Å². The lowest BCUT2D eigenvalue weighted by atomic mass is 10.0. The van der Waals surface area contributed by atoms with E-state index in [-0.39, 0.29) is 0 Å². The van der Waals surface area contributed by atoms with E-state index in [2.05, 4.69) is 11.8 Å². The van der Waals surface area contributed by atoms with Crippen LogP contribution in [0.1, 0.15) is 38.2 Å². The van der Waals surface area contributed by atoms with Gasteiger partial charge in [0.2, 0.25) is 0 Å². The summed E-state index contributed by atoms with van der Waals surface area (Å²) in [6.45, 7) is 7.48. The first-order chi connectivity index (χ1) is 9.16. The van der Waals surface area contributed by atoms with Crippen molar-refractivity contribution >= 4 is 11.6 Å². The van der Waals surface area contributed by atoms with Gasteiger partial charge in [0.1, 0.15) is 5.75 Å². The molecular formula is C16H24ClNO. The molecule has 3 heteroatoms. The molecule has 0 aromatic heterocycles. The molecule has 1 aromatic carbocycles. The zero-order valence-electron chi connectivity index (χ0n) is 12.0. The predicted molar refractivity (Wildman–Crippen MR) is 81.2 cm³/mol. The smallest absolute Gasteiger partial charge is 0.137 e. The number of likely N-dealkylation sites (tertiary alicyclic amines) is 1. The number of halogens is 1. The van der Waals surface area contributed by atoms with Gasteiger partial charge in [0.25, 0.3) is 0 Å². The van der Waals surface area contributed by atoms with Crippen molar-refractivity contribution in [2.75, 3.05) is 19.7 Å². The molecule has 0 spiro atoms. The minimum absolute atomic E-state index is 0.714. The van der Waals surface area contributed by atoms with E-state index >= 15 is 0 Å². The zero-order valence-corrected chi connectivity index (χ0v) is 12.7. The number of rotatable bonds is 5. The third-order valence-corrected chi connectivity index (χ3v) is 4.17. The molecule has 1 unspecified atom stereocenters. The van der Waals surface area contributed by atoms with E-state index in [4.69, 9.17) is 16.3 Å². The summed E-state index contributed by atoms with van der Waals surface area (Å²) in [6.07, 6.45) is 5.13. The summed E-state index contributed by atoms with van der Waals surface area (Å²) in [5.41, 5.74) is 1.17. The topological polar surface area (TPSA) is 12.5 Å². The summed E-state index contributed by atoms with van der Waals surface area (Å²) in [7, 11) is 0. The molecule has 2 nitrogen and oxygen atoms in total. The third-order valence-electron chi connectivity index (χ3n) is 3.88. The monoisotopic (exact) mass is 281 g/mol. The summed E-state index contributed by atoms with van der Waals surface area (Å²) in [6, 6.07) is 6.68. The molecule has 0 radical (unpaired) electrons. The Labute approximate surface area is 121 Å². The van der Waals surface area contributed by atoms with Crippen LogP contribution in [0.3, 0.4) is 0 Å². The first-order valence-electron chi connectivity index (χ1n) is 7.30. The minimum atomic E-state index is 0.714. The van der Waals surface area contributed by atoms with Crippen LogP contribution in [0.5, 0.6) is 5.75 Å². The lowest BCUT2D eigenvalue weighted by Crippen LogP contribution is -2.38. The molecule has 19 heavy (non-hydrogen) atoms. The van der Waals surface area contributed by atoms with Crippen molar-refractivity contribution in [1.29, 1.82) is 0 Å². The first kappa shape index (κ1) is 14.7. The van der Waals surface area contributed by atoms with Crippen molar-refractivity contribution in [1.82, 2.24) is 4.90 Å². The van der Waals surface area contributed by atoms with Gasteiger partial charge in [0.05, 0.1) is 11.6 Å². The second-order valence-corrected chi connectivity index (χ2v) is 5.92. The molecule has 0 aliphatic carbocycles. The Morgan fingerprint density at radius 3 is 2.95 bits per heavy atom. The van der Waals surface area contributed by atoms with Gasteiger partial charge in [0, 0.05) is 12.6 Å². The number of benzene rings is 1. The fourth-order valence-electron chi connectivity index (χ4n) is 2.66. The van der Waals surface area contributed by atoms with E-state index in [1.165, 1.54) is 31.4 Å². The average Bonchev–Trinajstić information content (AvgIpc) is 2.38. The third kappa shape index (κ3) is 4.39. The highest BCUT2D eigenvalue weighted by Gasteiger charge is 2.17. The molecule has 0 amide bonds. The first-order valence-corrected chi connectivity index (χ1v) is 7.67. The number of hydrogen-bond acceptors (Lipinski definition) is 2. The molecule has 106 valence electrons. The summed E-state index contributed by atoms with van der Waals surface area (Å²) in [5.74, 6) is 0.805. The van der Waals surface area contributed by atoms with E-state index in [0.717, 1.165) is 31.4 Å². The molecule has 1 atom stereocenters. The largest absolute Gasteiger partial charge is 0.492 e. The molecule has 0 bridgehead atoms. The van der Waals surface area contributed by atoms with Crippen molar-refractivity contribution in [2.24, 2.45) is 0 Å². The predicted octanol–water partition coefficient (Wildman–Crippen LogP) is 4.29. The van der Waals surface area contributed by atoms with Gasteiger partial charge >= 0.3 is 0 Å². The Bertz CT molecular complexity index is 408. The maximum Gasteiger partial charge on any atom is 0.137 e. The highest BCUT2D eigenvalue weighted by Crippen LogP contribution is 2.25. The quantitative estimate of drug-likeness (QED) is 0.747. The molecule has 1 heterocycles. The molecule has 0 N–H and O–H groups in total. The maximum atomic E-state index is 6.14. The molecular weight excluding hydrogens is 258 g/mol. The number of aryl methyl sites for hydroxylation is 1. The van der Waals surface area contributed by atoms with E-state index < -0.39 is 0 Å². The van der Waals surface area contributed by atoms with Crippen LogP contribution >= 0.6 is 11.6 Å². The van der Waals surface area contributed by atoms with Gasteiger partial charge in [0.15, 0.2) is 0 Å².